The molecule has 0 unspecified atom stereocenters. The van der Waals surface area contributed by atoms with Gasteiger partial charge in [-0.1, -0.05) is 13.8 Å². The van der Waals surface area contributed by atoms with Crippen LogP contribution in [0, 0.1) is 11.6 Å². The minimum absolute atomic E-state index is 0.0945. The Morgan fingerprint density at radius 2 is 2.06 bits per heavy atom. The fourth-order valence-corrected chi connectivity index (χ4v) is 1.33. The number of aliphatic carboxylic acids is 1. The summed E-state index contributed by atoms with van der Waals surface area (Å²) >= 11 is 0. The first-order valence-electron chi connectivity index (χ1n) is 4.76. The van der Waals surface area contributed by atoms with E-state index in [1.54, 1.807) is 13.8 Å². The van der Waals surface area contributed by atoms with Crippen molar-refractivity contribution in [2.75, 3.05) is 6.61 Å². The van der Waals surface area contributed by atoms with Crippen LogP contribution in [0.4, 0.5) is 8.78 Å². The molecule has 0 bridgehead atoms. The molecule has 0 saturated heterocycles. The molecular formula is C11H12F2O3. The van der Waals surface area contributed by atoms with Crippen molar-refractivity contribution in [1.82, 2.24) is 0 Å². The number of rotatable bonds is 4. The first-order chi connectivity index (χ1) is 7.43. The molecule has 0 heterocycles. The minimum Gasteiger partial charge on any atom is -0.479 e. The number of hydrogen-bond donors (Lipinski definition) is 1. The average molecular weight is 230 g/mol. The largest absolute Gasteiger partial charge is 0.479 e. The third-order valence-corrected chi connectivity index (χ3v) is 2.02. The Labute approximate surface area is 91.7 Å². The second-order valence-corrected chi connectivity index (χ2v) is 3.61. The summed E-state index contributed by atoms with van der Waals surface area (Å²) in [4.78, 5) is 10.2. The third kappa shape index (κ3) is 2.68. The number of ether oxygens (including phenoxy) is 1. The zero-order chi connectivity index (χ0) is 12.3. The highest BCUT2D eigenvalue weighted by atomic mass is 19.1. The summed E-state index contributed by atoms with van der Waals surface area (Å²) in [6, 6.07) is 2.15. The first kappa shape index (κ1) is 12.4. The lowest BCUT2D eigenvalue weighted by Gasteiger charge is -2.12. The van der Waals surface area contributed by atoms with Gasteiger partial charge in [0, 0.05) is 5.56 Å². The molecule has 0 spiro atoms. The van der Waals surface area contributed by atoms with Crippen LogP contribution in [-0.4, -0.2) is 17.7 Å². The van der Waals surface area contributed by atoms with Gasteiger partial charge in [0.2, 0.25) is 0 Å². The fraction of sp³-hybridized carbons (Fsp3) is 0.364. The van der Waals surface area contributed by atoms with Crippen molar-refractivity contribution in [2.24, 2.45) is 0 Å². The van der Waals surface area contributed by atoms with Crippen LogP contribution in [0.25, 0.3) is 0 Å². The molecule has 5 heteroatoms. The molecule has 3 nitrogen and oxygen atoms in total. The quantitative estimate of drug-likeness (QED) is 0.864. The van der Waals surface area contributed by atoms with Gasteiger partial charge in [-0.2, -0.15) is 0 Å². The van der Waals surface area contributed by atoms with Gasteiger partial charge in [-0.15, -0.1) is 0 Å². The Morgan fingerprint density at radius 3 is 2.56 bits per heavy atom. The summed E-state index contributed by atoms with van der Waals surface area (Å²) in [5.41, 5.74) is -0.0945. The van der Waals surface area contributed by atoms with Gasteiger partial charge in [0.25, 0.3) is 0 Å². The predicted octanol–water partition coefficient (Wildman–Crippen LogP) is 2.55. The van der Waals surface area contributed by atoms with E-state index < -0.39 is 24.2 Å². The number of benzene rings is 1. The highest BCUT2D eigenvalue weighted by Gasteiger charge is 2.17. The van der Waals surface area contributed by atoms with E-state index in [9.17, 15) is 13.6 Å². The molecule has 1 rings (SSSR count). The van der Waals surface area contributed by atoms with Crippen LogP contribution in [-0.2, 0) is 4.79 Å². The molecule has 0 aromatic heterocycles. The van der Waals surface area contributed by atoms with Crippen LogP contribution in [0.15, 0.2) is 12.1 Å². The molecule has 0 aliphatic heterocycles. The molecule has 16 heavy (non-hydrogen) atoms. The predicted molar refractivity (Wildman–Crippen MR) is 53.6 cm³/mol. The molecule has 0 saturated carbocycles. The lowest BCUT2D eigenvalue weighted by atomic mass is 10.0. The van der Waals surface area contributed by atoms with Gasteiger partial charge in [0.1, 0.15) is 5.82 Å². The van der Waals surface area contributed by atoms with Crippen molar-refractivity contribution < 1.29 is 23.4 Å². The normalized spacial score (nSPS) is 10.6. The van der Waals surface area contributed by atoms with Crippen molar-refractivity contribution in [1.29, 1.82) is 0 Å². The molecular weight excluding hydrogens is 218 g/mol. The summed E-state index contributed by atoms with van der Waals surface area (Å²) in [5.74, 6) is -3.29. The second kappa shape index (κ2) is 4.92. The standard InChI is InChI=1S/C11H12F2O3/c1-6(2)10-7(12)3-4-8(11(10)13)16-5-9(14)15/h3-4,6H,5H2,1-2H3,(H,14,15). The Hall–Kier alpha value is -1.65. The maximum absolute atomic E-state index is 13.7. The highest BCUT2D eigenvalue weighted by Crippen LogP contribution is 2.28. The molecule has 0 fully saturated rings. The minimum atomic E-state index is -1.21. The SMILES string of the molecule is CC(C)c1c(F)ccc(OCC(=O)O)c1F. The van der Waals surface area contributed by atoms with E-state index in [0.717, 1.165) is 12.1 Å². The van der Waals surface area contributed by atoms with Crippen molar-refractivity contribution in [3.05, 3.63) is 29.3 Å². The summed E-state index contributed by atoms with van der Waals surface area (Å²) in [6.07, 6.45) is 0. The third-order valence-electron chi connectivity index (χ3n) is 2.02. The number of carboxylic acid groups (broad SMARTS) is 1. The zero-order valence-electron chi connectivity index (χ0n) is 8.96. The molecule has 1 aromatic carbocycles. The van der Waals surface area contributed by atoms with E-state index in [0.29, 0.717) is 0 Å². The van der Waals surface area contributed by atoms with Crippen LogP contribution in [0.5, 0.6) is 5.75 Å². The molecule has 88 valence electrons. The van der Waals surface area contributed by atoms with Crippen LogP contribution in [0.3, 0.4) is 0 Å². The van der Waals surface area contributed by atoms with Gasteiger partial charge < -0.3 is 9.84 Å². The van der Waals surface area contributed by atoms with E-state index in [-0.39, 0.29) is 17.2 Å². The topological polar surface area (TPSA) is 46.5 Å². The van der Waals surface area contributed by atoms with Crippen LogP contribution in [0.2, 0.25) is 0 Å². The maximum atomic E-state index is 13.7. The smallest absolute Gasteiger partial charge is 0.341 e. The second-order valence-electron chi connectivity index (χ2n) is 3.61. The summed E-state index contributed by atoms with van der Waals surface area (Å²) < 4.78 is 31.6. The van der Waals surface area contributed by atoms with Gasteiger partial charge in [0.15, 0.2) is 18.2 Å². The van der Waals surface area contributed by atoms with Crippen LogP contribution in [0.1, 0.15) is 25.3 Å². The monoisotopic (exact) mass is 230 g/mol. The van der Waals surface area contributed by atoms with E-state index in [1.165, 1.54) is 0 Å². The van der Waals surface area contributed by atoms with Crippen molar-refractivity contribution in [3.63, 3.8) is 0 Å². The summed E-state index contributed by atoms with van der Waals surface area (Å²) in [5, 5.41) is 8.38. The lowest BCUT2D eigenvalue weighted by molar-refractivity contribution is -0.139. The lowest BCUT2D eigenvalue weighted by Crippen LogP contribution is -2.11. The average Bonchev–Trinajstić information content (AvgIpc) is 2.15. The zero-order valence-corrected chi connectivity index (χ0v) is 8.96. The Balaban J connectivity index is 3.03. The number of halogens is 2. The van der Waals surface area contributed by atoms with E-state index in [2.05, 4.69) is 0 Å². The number of hydrogen-bond acceptors (Lipinski definition) is 2. The van der Waals surface area contributed by atoms with Crippen molar-refractivity contribution in [3.8, 4) is 5.75 Å². The van der Waals surface area contributed by atoms with Gasteiger partial charge in [0.05, 0.1) is 0 Å². The fourth-order valence-electron chi connectivity index (χ4n) is 1.33. The van der Waals surface area contributed by atoms with Crippen molar-refractivity contribution in [2.45, 2.75) is 19.8 Å². The molecule has 0 aliphatic rings. The van der Waals surface area contributed by atoms with Gasteiger partial charge in [-0.05, 0) is 18.1 Å². The molecule has 0 atom stereocenters. The number of carboxylic acids is 1. The van der Waals surface area contributed by atoms with E-state index in [1.807, 2.05) is 0 Å². The van der Waals surface area contributed by atoms with Crippen LogP contribution < -0.4 is 4.74 Å². The molecule has 1 N–H and O–H groups in total. The number of carbonyl (C=O) groups is 1. The molecule has 0 aliphatic carbocycles. The van der Waals surface area contributed by atoms with Gasteiger partial charge in [-0.3, -0.25) is 0 Å². The van der Waals surface area contributed by atoms with E-state index >= 15 is 0 Å². The molecule has 0 radical (unpaired) electrons. The Kier molecular flexibility index (Phi) is 3.82. The first-order valence-corrected chi connectivity index (χ1v) is 4.76. The molecule has 1 aromatic rings. The Bertz CT molecular complexity index is 402. The van der Waals surface area contributed by atoms with Gasteiger partial charge >= 0.3 is 5.97 Å². The highest BCUT2D eigenvalue weighted by molar-refractivity contribution is 5.68. The summed E-state index contributed by atoms with van der Waals surface area (Å²) in [7, 11) is 0. The van der Waals surface area contributed by atoms with E-state index in [4.69, 9.17) is 9.84 Å². The van der Waals surface area contributed by atoms with Crippen molar-refractivity contribution >= 4 is 5.97 Å². The van der Waals surface area contributed by atoms with Gasteiger partial charge in [-0.25, -0.2) is 13.6 Å². The summed E-state index contributed by atoms with van der Waals surface area (Å²) in [6.45, 7) is 2.63. The molecule has 0 amide bonds. The van der Waals surface area contributed by atoms with Crippen LogP contribution >= 0.6 is 0 Å². The maximum Gasteiger partial charge on any atom is 0.341 e. The Morgan fingerprint density at radius 1 is 1.44 bits per heavy atom.